The average Bonchev–Trinajstić information content (AvgIpc) is 3.61. The topological polar surface area (TPSA) is 44.9 Å². The quantitative estimate of drug-likeness (QED) is 0.112. The number of rotatable bonds is 9. The summed E-state index contributed by atoms with van der Waals surface area (Å²) in [5.74, 6) is 2.40. The molecule has 0 aliphatic heterocycles. The van der Waals surface area contributed by atoms with Crippen LogP contribution in [0.15, 0.2) is 103 Å². The van der Waals surface area contributed by atoms with Gasteiger partial charge in [0.2, 0.25) is 0 Å². The Morgan fingerprint density at radius 2 is 1.61 bits per heavy atom. The van der Waals surface area contributed by atoms with Gasteiger partial charge in [-0.05, 0) is 66.1 Å². The molecule has 0 amide bonds. The molecule has 232 valence electrons. The minimum atomic E-state index is 0. The molecule has 4 aromatic carbocycles. The van der Waals surface area contributed by atoms with Crippen LogP contribution in [0.4, 0.5) is 0 Å². The van der Waals surface area contributed by atoms with Crippen molar-refractivity contribution < 1.29 is 25.2 Å². The van der Waals surface area contributed by atoms with Gasteiger partial charge in [0, 0.05) is 28.8 Å². The van der Waals surface area contributed by atoms with Crippen LogP contribution in [-0.4, -0.2) is 19.3 Å². The van der Waals surface area contributed by atoms with Crippen LogP contribution in [0.1, 0.15) is 56.5 Å². The molecule has 0 aliphatic carbocycles. The number of nitrogens with zero attached hydrogens (tertiary/aromatic N) is 4. The largest absolute Gasteiger partial charge is 2.00 e. The molecule has 5 nitrogen and oxygen atoms in total. The van der Waals surface area contributed by atoms with Crippen molar-refractivity contribution in [3.63, 3.8) is 0 Å². The van der Waals surface area contributed by atoms with E-state index in [1.807, 2.05) is 30.5 Å². The van der Waals surface area contributed by atoms with Gasteiger partial charge in [-0.1, -0.05) is 81.2 Å². The Balaban J connectivity index is 0.00000372. The molecule has 0 aliphatic rings. The molecular formula is C40H36N4OPd. The molecule has 7 aromatic rings. The van der Waals surface area contributed by atoms with Gasteiger partial charge >= 0.3 is 20.4 Å². The molecular weight excluding hydrogens is 659 g/mol. The first-order valence-corrected chi connectivity index (χ1v) is 15.8. The number of pyridine rings is 1. The van der Waals surface area contributed by atoms with E-state index in [0.29, 0.717) is 17.4 Å². The Morgan fingerprint density at radius 1 is 0.826 bits per heavy atom. The Kier molecular flexibility index (Phi) is 9.22. The van der Waals surface area contributed by atoms with E-state index < -0.39 is 0 Å². The van der Waals surface area contributed by atoms with Crippen LogP contribution in [0.25, 0.3) is 44.4 Å². The maximum absolute atomic E-state index is 6.47. The fraction of sp³-hybridized carbons (Fsp3) is 0.200. The molecule has 3 heterocycles. The summed E-state index contributed by atoms with van der Waals surface area (Å²) in [6.45, 7) is 8.80. The average molecular weight is 695 g/mol. The molecule has 46 heavy (non-hydrogen) atoms. The van der Waals surface area contributed by atoms with E-state index in [0.717, 1.165) is 63.8 Å². The summed E-state index contributed by atoms with van der Waals surface area (Å²) in [7, 11) is 0. The van der Waals surface area contributed by atoms with E-state index in [-0.39, 0.29) is 20.4 Å². The van der Waals surface area contributed by atoms with E-state index in [9.17, 15) is 0 Å². The summed E-state index contributed by atoms with van der Waals surface area (Å²) < 4.78 is 10.7. The molecule has 1 atom stereocenters. The summed E-state index contributed by atoms with van der Waals surface area (Å²) in [6.07, 6.45) is 4.79. The van der Waals surface area contributed by atoms with Crippen molar-refractivity contribution in [1.82, 2.24) is 19.3 Å². The smallest absolute Gasteiger partial charge is 0.509 e. The standard InChI is InChI=1S/C40H36N4O.Pd/c1-5-13-35-39(29-14-8-7-9-15-29)40(28(4)6-2)44(42-35)30-16-12-17-31(25-30)45-32-20-21-34-33-18-10-11-19-36(33)43(37(34)26-32)38-24-27(3)22-23-41-38;/h7-12,14-24,28H,5-6,13H2,1-4H3;/q-2;+2. The van der Waals surface area contributed by atoms with E-state index in [4.69, 9.17) is 14.8 Å². The first kappa shape index (κ1) is 31.5. The van der Waals surface area contributed by atoms with Gasteiger partial charge in [-0.2, -0.15) is 17.2 Å². The van der Waals surface area contributed by atoms with Crippen molar-refractivity contribution in [1.29, 1.82) is 0 Å². The van der Waals surface area contributed by atoms with Gasteiger partial charge < -0.3 is 9.30 Å². The van der Waals surface area contributed by atoms with Crippen molar-refractivity contribution in [2.45, 2.75) is 52.9 Å². The zero-order chi connectivity index (χ0) is 30.9. The molecule has 0 N–H and O–H groups in total. The second kappa shape index (κ2) is 13.5. The predicted octanol–water partition coefficient (Wildman–Crippen LogP) is 10.2. The summed E-state index contributed by atoms with van der Waals surface area (Å²) in [6, 6.07) is 40.3. The Morgan fingerprint density at radius 3 is 2.39 bits per heavy atom. The van der Waals surface area contributed by atoms with Crippen LogP contribution in [-0.2, 0) is 26.8 Å². The Bertz CT molecular complexity index is 2130. The third-order valence-electron chi connectivity index (χ3n) is 8.51. The molecule has 1 unspecified atom stereocenters. The monoisotopic (exact) mass is 694 g/mol. The Hall–Kier alpha value is -4.50. The molecule has 7 rings (SSSR count). The first-order chi connectivity index (χ1) is 22.1. The van der Waals surface area contributed by atoms with Crippen LogP contribution in [0.5, 0.6) is 11.5 Å². The minimum absolute atomic E-state index is 0. The third kappa shape index (κ3) is 5.80. The number of hydrogen-bond donors (Lipinski definition) is 0. The van der Waals surface area contributed by atoms with Crippen molar-refractivity contribution in [3.8, 4) is 34.1 Å². The molecule has 0 saturated carbocycles. The van der Waals surface area contributed by atoms with Gasteiger partial charge in [0.25, 0.3) is 0 Å². The van der Waals surface area contributed by atoms with Crippen molar-refractivity contribution in [2.24, 2.45) is 0 Å². The van der Waals surface area contributed by atoms with E-state index in [2.05, 4.69) is 122 Å². The van der Waals surface area contributed by atoms with Gasteiger partial charge in [-0.15, -0.1) is 35.7 Å². The number of ether oxygens (including phenoxy) is 1. The zero-order valence-electron chi connectivity index (χ0n) is 26.5. The molecule has 6 heteroatoms. The minimum Gasteiger partial charge on any atom is -0.509 e. The van der Waals surface area contributed by atoms with Gasteiger partial charge in [-0.3, -0.25) is 4.68 Å². The van der Waals surface area contributed by atoms with Gasteiger partial charge in [0.15, 0.2) is 0 Å². The normalized spacial score (nSPS) is 11.9. The summed E-state index contributed by atoms with van der Waals surface area (Å²) in [4.78, 5) is 4.70. The van der Waals surface area contributed by atoms with Gasteiger partial charge in [-0.25, -0.2) is 4.98 Å². The van der Waals surface area contributed by atoms with Crippen LogP contribution in [0.3, 0.4) is 0 Å². The van der Waals surface area contributed by atoms with Crippen molar-refractivity contribution >= 4 is 21.8 Å². The second-order valence-corrected chi connectivity index (χ2v) is 11.7. The number of aromatic nitrogens is 4. The predicted molar refractivity (Wildman–Crippen MR) is 183 cm³/mol. The first-order valence-electron chi connectivity index (χ1n) is 15.8. The van der Waals surface area contributed by atoms with Gasteiger partial charge in [0.1, 0.15) is 5.82 Å². The van der Waals surface area contributed by atoms with Crippen LogP contribution >= 0.6 is 0 Å². The van der Waals surface area contributed by atoms with Crippen molar-refractivity contribution in [3.05, 3.63) is 132 Å². The SMILES string of the molecule is CCCc1nn(-c2[c-]c(Oc3[c-]c4c(cc3)c3ccccc3n4-c3cc(C)ccn3)ccc2)c(C(C)CC)c1-c1ccccc1.[Pd+2]. The molecule has 0 spiro atoms. The van der Waals surface area contributed by atoms with E-state index >= 15 is 0 Å². The number of aryl methyl sites for hydroxylation is 2. The van der Waals surface area contributed by atoms with E-state index in [1.54, 1.807) is 0 Å². The van der Waals surface area contributed by atoms with Gasteiger partial charge in [0.05, 0.1) is 11.4 Å². The number of fused-ring (bicyclic) bond motifs is 3. The fourth-order valence-electron chi connectivity index (χ4n) is 6.19. The molecule has 0 saturated heterocycles. The number of benzene rings is 4. The Labute approximate surface area is 284 Å². The van der Waals surface area contributed by atoms with Crippen LogP contribution in [0.2, 0.25) is 0 Å². The maximum atomic E-state index is 6.47. The molecule has 0 fully saturated rings. The van der Waals surface area contributed by atoms with Crippen LogP contribution < -0.4 is 4.74 Å². The summed E-state index contributed by atoms with van der Waals surface area (Å²) in [5.41, 5.74) is 8.80. The zero-order valence-corrected chi connectivity index (χ0v) is 28.1. The summed E-state index contributed by atoms with van der Waals surface area (Å²) in [5, 5.41) is 7.45. The third-order valence-corrected chi connectivity index (χ3v) is 8.51. The molecule has 3 aromatic heterocycles. The van der Waals surface area contributed by atoms with Crippen LogP contribution in [0, 0.1) is 19.1 Å². The molecule has 0 bridgehead atoms. The second-order valence-electron chi connectivity index (χ2n) is 11.7. The van der Waals surface area contributed by atoms with Crippen molar-refractivity contribution in [2.75, 3.05) is 0 Å². The fourth-order valence-corrected chi connectivity index (χ4v) is 6.19. The number of hydrogen-bond acceptors (Lipinski definition) is 3. The van der Waals surface area contributed by atoms with E-state index in [1.165, 1.54) is 16.8 Å². The maximum Gasteiger partial charge on any atom is 2.00 e. The number of para-hydroxylation sites is 1. The molecule has 0 radical (unpaired) electrons. The summed E-state index contributed by atoms with van der Waals surface area (Å²) >= 11 is 0.